The van der Waals surface area contributed by atoms with Gasteiger partial charge in [-0.05, 0) is 53.6 Å². The first-order valence-electron chi connectivity index (χ1n) is 7.77. The molecule has 0 aromatic carbocycles. The summed E-state index contributed by atoms with van der Waals surface area (Å²) in [5, 5.41) is 1.02. The molecule has 0 spiro atoms. The van der Waals surface area contributed by atoms with Crippen LogP contribution in [-0.2, 0) is 0 Å². The van der Waals surface area contributed by atoms with E-state index in [2.05, 4.69) is 17.9 Å². The Bertz CT molecular complexity index is 260. The van der Waals surface area contributed by atoms with Crippen LogP contribution in [0.5, 0.6) is 0 Å². The third-order valence-corrected chi connectivity index (χ3v) is 3.18. The van der Waals surface area contributed by atoms with Crippen molar-refractivity contribution in [1.29, 1.82) is 0 Å². The van der Waals surface area contributed by atoms with E-state index in [1.54, 1.807) is 0 Å². The van der Waals surface area contributed by atoms with Crippen LogP contribution in [0, 0.1) is 0 Å². The van der Waals surface area contributed by atoms with Crippen molar-refractivity contribution < 1.29 is 0 Å². The lowest BCUT2D eigenvalue weighted by Crippen LogP contribution is -2.31. The summed E-state index contributed by atoms with van der Waals surface area (Å²) in [5.41, 5.74) is 1.41. The summed E-state index contributed by atoms with van der Waals surface area (Å²) in [6.07, 6.45) is 8.14. The molecule has 1 aliphatic rings. The van der Waals surface area contributed by atoms with Gasteiger partial charge in [0.05, 0.1) is 0 Å². The summed E-state index contributed by atoms with van der Waals surface area (Å²) in [5.74, 6) is 0. The number of hydrogen-bond donors (Lipinski definition) is 0. The fraction of sp³-hybridized carbons (Fsp3) is 0.765. The summed E-state index contributed by atoms with van der Waals surface area (Å²) < 4.78 is 0. The fourth-order valence-electron chi connectivity index (χ4n) is 1.91. The minimum Gasteiger partial charge on any atom is -0.299 e. The van der Waals surface area contributed by atoms with Crippen molar-refractivity contribution in [2.24, 2.45) is 0 Å². The van der Waals surface area contributed by atoms with Gasteiger partial charge in [0.25, 0.3) is 0 Å². The summed E-state index contributed by atoms with van der Waals surface area (Å²) in [4.78, 5) is 2.52. The number of likely N-dealkylation sites (tertiary alicyclic amines) is 1. The van der Waals surface area contributed by atoms with Crippen LogP contribution in [0.4, 0.5) is 0 Å². The third kappa shape index (κ3) is 16.1. The van der Waals surface area contributed by atoms with Crippen LogP contribution in [0.15, 0.2) is 22.8 Å². The van der Waals surface area contributed by atoms with Crippen molar-refractivity contribution in [2.75, 3.05) is 19.6 Å². The van der Waals surface area contributed by atoms with E-state index in [-0.39, 0.29) is 5.38 Å². The van der Waals surface area contributed by atoms with Crippen LogP contribution in [0.25, 0.3) is 0 Å². The van der Waals surface area contributed by atoms with Gasteiger partial charge in [-0.2, -0.15) is 0 Å². The Kier molecular flexibility index (Phi) is 17.2. The van der Waals surface area contributed by atoms with E-state index in [1.165, 1.54) is 37.9 Å². The van der Waals surface area contributed by atoms with E-state index in [9.17, 15) is 0 Å². The van der Waals surface area contributed by atoms with Crippen LogP contribution in [0.3, 0.4) is 0 Å². The Morgan fingerprint density at radius 3 is 1.95 bits per heavy atom. The molecular weight excluding hydrogens is 289 g/mol. The highest BCUT2D eigenvalue weighted by Gasteiger charge is 2.09. The van der Waals surface area contributed by atoms with E-state index in [4.69, 9.17) is 23.2 Å². The molecule has 0 aromatic heterocycles. The maximum Gasteiger partial charge on any atom is 0.0490 e. The average Bonchev–Trinajstić information content (AvgIpc) is 2.41. The van der Waals surface area contributed by atoms with Gasteiger partial charge in [0.1, 0.15) is 0 Å². The molecular formula is C17H33Cl2N. The minimum absolute atomic E-state index is 0.171. The van der Waals surface area contributed by atoms with E-state index < -0.39 is 0 Å². The summed E-state index contributed by atoms with van der Waals surface area (Å²) in [6, 6.07) is 0. The molecule has 1 nitrogen and oxygen atoms in total. The van der Waals surface area contributed by atoms with E-state index >= 15 is 0 Å². The van der Waals surface area contributed by atoms with Crippen molar-refractivity contribution in [1.82, 2.24) is 4.90 Å². The monoisotopic (exact) mass is 321 g/mol. The smallest absolute Gasteiger partial charge is 0.0490 e. The molecule has 1 aliphatic heterocycles. The second-order valence-corrected chi connectivity index (χ2v) is 6.19. The second kappa shape index (κ2) is 15.4. The highest BCUT2D eigenvalue weighted by molar-refractivity contribution is 6.29. The molecule has 3 heteroatoms. The Balaban J connectivity index is 0. The van der Waals surface area contributed by atoms with Gasteiger partial charge in [-0.25, -0.2) is 0 Å². The van der Waals surface area contributed by atoms with E-state index in [0.29, 0.717) is 0 Å². The molecule has 0 radical (unpaired) electrons. The molecule has 1 rings (SSSR count). The zero-order valence-corrected chi connectivity index (χ0v) is 15.7. The summed E-state index contributed by atoms with van der Waals surface area (Å²) in [7, 11) is 0. The molecule has 0 aliphatic carbocycles. The zero-order chi connectivity index (χ0) is 16.0. The Hall–Kier alpha value is 0.0200. The van der Waals surface area contributed by atoms with Gasteiger partial charge in [-0.1, -0.05) is 49.6 Å². The van der Waals surface area contributed by atoms with Gasteiger partial charge < -0.3 is 0 Å². The molecule has 0 saturated carbocycles. The Labute approximate surface area is 137 Å². The predicted molar refractivity (Wildman–Crippen MR) is 96.0 cm³/mol. The van der Waals surface area contributed by atoms with Crippen molar-refractivity contribution >= 4 is 23.2 Å². The van der Waals surface area contributed by atoms with Gasteiger partial charge in [-0.15, -0.1) is 11.6 Å². The van der Waals surface area contributed by atoms with Gasteiger partial charge in [0, 0.05) is 17.0 Å². The Morgan fingerprint density at radius 2 is 1.60 bits per heavy atom. The van der Waals surface area contributed by atoms with Crippen molar-refractivity contribution in [3.63, 3.8) is 0 Å². The number of nitrogens with zero attached hydrogens (tertiary/aromatic N) is 1. The number of allylic oxidation sites excluding steroid dienone is 3. The topological polar surface area (TPSA) is 3.24 Å². The Morgan fingerprint density at radius 1 is 1.15 bits per heavy atom. The quantitative estimate of drug-likeness (QED) is 0.440. The number of rotatable bonds is 3. The van der Waals surface area contributed by atoms with Gasteiger partial charge in [-0.3, -0.25) is 4.90 Å². The average molecular weight is 322 g/mol. The molecule has 0 N–H and O–H groups in total. The van der Waals surface area contributed by atoms with E-state index in [0.717, 1.165) is 11.6 Å². The van der Waals surface area contributed by atoms with Crippen LogP contribution < -0.4 is 0 Å². The lowest BCUT2D eigenvalue weighted by Gasteiger charge is -2.26. The maximum atomic E-state index is 5.90. The first kappa shape index (κ1) is 22.3. The maximum absolute atomic E-state index is 5.90. The van der Waals surface area contributed by atoms with Crippen LogP contribution in [-0.4, -0.2) is 29.9 Å². The molecule has 0 bridgehead atoms. The van der Waals surface area contributed by atoms with Crippen LogP contribution >= 0.6 is 23.2 Å². The first-order chi connectivity index (χ1) is 9.45. The zero-order valence-electron chi connectivity index (χ0n) is 14.2. The van der Waals surface area contributed by atoms with Crippen molar-refractivity contribution in [3.8, 4) is 0 Å². The van der Waals surface area contributed by atoms with Gasteiger partial charge in [0.2, 0.25) is 0 Å². The second-order valence-electron chi connectivity index (χ2n) is 4.90. The highest BCUT2D eigenvalue weighted by Crippen LogP contribution is 2.11. The van der Waals surface area contributed by atoms with Crippen LogP contribution in [0.2, 0.25) is 0 Å². The number of hydrogen-bond acceptors (Lipinski definition) is 1. The molecule has 1 fully saturated rings. The van der Waals surface area contributed by atoms with Crippen LogP contribution in [0.1, 0.15) is 60.8 Å². The van der Waals surface area contributed by atoms with Crippen molar-refractivity contribution in [2.45, 2.75) is 66.2 Å². The predicted octanol–water partition coefficient (Wildman–Crippen LogP) is 6.22. The lowest BCUT2D eigenvalue weighted by atomic mass is 10.1. The largest absolute Gasteiger partial charge is 0.299 e. The number of piperidine rings is 1. The molecule has 1 heterocycles. The molecule has 1 atom stereocenters. The highest BCUT2D eigenvalue weighted by atomic mass is 35.5. The minimum atomic E-state index is 0.171. The summed E-state index contributed by atoms with van der Waals surface area (Å²) in [6.45, 7) is 15.6. The lowest BCUT2D eigenvalue weighted by molar-refractivity contribution is 0.246. The number of alkyl halides is 1. The van der Waals surface area contributed by atoms with Gasteiger partial charge >= 0.3 is 0 Å². The summed E-state index contributed by atoms with van der Waals surface area (Å²) >= 11 is 11.2. The molecule has 0 amide bonds. The molecule has 20 heavy (non-hydrogen) atoms. The fourth-order valence-corrected chi connectivity index (χ4v) is 2.13. The van der Waals surface area contributed by atoms with Crippen molar-refractivity contribution in [3.05, 3.63) is 22.8 Å². The van der Waals surface area contributed by atoms with Gasteiger partial charge in [0.15, 0.2) is 0 Å². The third-order valence-electron chi connectivity index (χ3n) is 2.83. The normalized spacial score (nSPS) is 18.4. The standard InChI is InChI=1S/C11H20ClN.C4H7Cl.C2H6/c1-10(8-11(2)12)9-13-6-4-3-5-7-13;1-3-4(2)5;1-2/h8,11H,3-7,9H2,1-2H3;3H,1-2H3;1-2H3/b10-8+;4-3+;. The molecule has 0 aromatic rings. The number of halogens is 2. The molecule has 1 saturated heterocycles. The molecule has 1 unspecified atom stereocenters. The SMILES string of the molecule is C/C(=C\C(C)Cl)CN1CCCCC1.C/C=C(\C)Cl.CC. The van der Waals surface area contributed by atoms with E-state index in [1.807, 2.05) is 40.7 Å². The first-order valence-corrected chi connectivity index (χ1v) is 8.59. The molecule has 120 valence electrons.